The Kier molecular flexibility index (Phi) is 7.74. The van der Waals surface area contributed by atoms with E-state index in [4.69, 9.17) is 17.3 Å². The number of thiocarbonyl (C=S) groups is 1. The van der Waals surface area contributed by atoms with Crippen LogP contribution < -0.4 is 10.7 Å². The normalized spacial score (nSPS) is 11.9. The molecule has 3 N–H and O–H groups in total. The first-order chi connectivity index (χ1) is 17.6. The van der Waals surface area contributed by atoms with E-state index in [9.17, 15) is 5.11 Å². The Morgan fingerprint density at radius 3 is 2.24 bits per heavy atom. The third-order valence-corrected chi connectivity index (χ3v) is 6.30. The van der Waals surface area contributed by atoms with Crippen LogP contribution in [0.2, 0.25) is 0 Å². The number of anilines is 1. The number of rotatable bonds is 6. The molecule has 0 aliphatic carbocycles. The number of aromatic nitrogens is 2. The minimum Gasteiger partial charge on any atom is -0.504 e. The molecule has 1 aromatic heterocycles. The summed E-state index contributed by atoms with van der Waals surface area (Å²) >= 11 is 5.39. The van der Waals surface area contributed by atoms with Gasteiger partial charge in [0.2, 0.25) is 0 Å². The lowest BCUT2D eigenvalue weighted by molar-refractivity contribution is 0.475. The SMILES string of the molecule is C/C(=N\NC(=S)Nc1ccc(C)cc1)c1nn(Cc2ccccc2)c(-c2ccc(C(C)(C)C)cc2)c1O. The number of aryl methyl sites for hydroxylation is 1. The fourth-order valence-corrected chi connectivity index (χ4v) is 4.13. The van der Waals surface area contributed by atoms with Crippen LogP contribution in [0.25, 0.3) is 11.3 Å². The second kappa shape index (κ2) is 11.0. The number of hydrogen-bond acceptors (Lipinski definition) is 4. The van der Waals surface area contributed by atoms with Crippen molar-refractivity contribution < 1.29 is 5.11 Å². The van der Waals surface area contributed by atoms with E-state index in [1.807, 2.05) is 78.3 Å². The van der Waals surface area contributed by atoms with E-state index in [-0.39, 0.29) is 11.2 Å². The zero-order chi connectivity index (χ0) is 26.6. The first-order valence-electron chi connectivity index (χ1n) is 12.2. The highest BCUT2D eigenvalue weighted by Gasteiger charge is 2.22. The predicted octanol–water partition coefficient (Wildman–Crippen LogP) is 6.62. The maximum absolute atomic E-state index is 11.3. The molecule has 0 spiro atoms. The second-order valence-electron chi connectivity index (χ2n) is 10.1. The first kappa shape index (κ1) is 26.1. The molecule has 4 rings (SSSR count). The Labute approximate surface area is 224 Å². The molecule has 37 heavy (non-hydrogen) atoms. The van der Waals surface area contributed by atoms with Gasteiger partial charge in [-0.15, -0.1) is 0 Å². The zero-order valence-corrected chi connectivity index (χ0v) is 22.7. The lowest BCUT2D eigenvalue weighted by atomic mass is 9.86. The van der Waals surface area contributed by atoms with E-state index in [0.717, 1.165) is 16.8 Å². The van der Waals surface area contributed by atoms with Gasteiger partial charge in [-0.1, -0.05) is 93.1 Å². The van der Waals surface area contributed by atoms with Crippen LogP contribution in [0.5, 0.6) is 5.75 Å². The van der Waals surface area contributed by atoms with E-state index < -0.39 is 0 Å². The van der Waals surface area contributed by atoms with Crippen LogP contribution in [0.1, 0.15) is 50.1 Å². The van der Waals surface area contributed by atoms with Crippen LogP contribution in [-0.4, -0.2) is 25.7 Å². The van der Waals surface area contributed by atoms with E-state index in [1.54, 1.807) is 6.92 Å². The van der Waals surface area contributed by atoms with Crippen LogP contribution in [0.15, 0.2) is 84.0 Å². The summed E-state index contributed by atoms with van der Waals surface area (Å²) in [7, 11) is 0. The Balaban J connectivity index is 1.64. The maximum atomic E-state index is 11.3. The van der Waals surface area contributed by atoms with Crippen molar-refractivity contribution in [1.29, 1.82) is 0 Å². The van der Waals surface area contributed by atoms with Crippen molar-refractivity contribution in [2.24, 2.45) is 5.10 Å². The lowest BCUT2D eigenvalue weighted by Crippen LogP contribution is -2.25. The van der Waals surface area contributed by atoms with Gasteiger partial charge < -0.3 is 10.4 Å². The Morgan fingerprint density at radius 1 is 0.973 bits per heavy atom. The number of hydrazone groups is 1. The zero-order valence-electron chi connectivity index (χ0n) is 21.9. The fourth-order valence-electron chi connectivity index (χ4n) is 3.96. The molecule has 4 aromatic rings. The molecular formula is C30H33N5OS. The van der Waals surface area contributed by atoms with E-state index >= 15 is 0 Å². The lowest BCUT2D eigenvalue weighted by Gasteiger charge is -2.19. The van der Waals surface area contributed by atoms with Gasteiger partial charge >= 0.3 is 0 Å². The van der Waals surface area contributed by atoms with Gasteiger partial charge in [-0.3, -0.25) is 10.1 Å². The number of nitrogens with one attached hydrogen (secondary N) is 2. The summed E-state index contributed by atoms with van der Waals surface area (Å²) < 4.78 is 1.83. The average Bonchev–Trinajstić information content (AvgIpc) is 3.19. The van der Waals surface area contributed by atoms with E-state index in [0.29, 0.717) is 28.8 Å². The summed E-state index contributed by atoms with van der Waals surface area (Å²) in [6, 6.07) is 26.3. The van der Waals surface area contributed by atoms with Crippen molar-refractivity contribution in [1.82, 2.24) is 15.2 Å². The van der Waals surface area contributed by atoms with Crippen molar-refractivity contribution in [3.05, 3.63) is 101 Å². The molecule has 0 atom stereocenters. The first-order valence-corrected chi connectivity index (χ1v) is 12.7. The molecule has 0 saturated carbocycles. The van der Waals surface area contributed by atoms with Crippen LogP contribution in [0, 0.1) is 6.92 Å². The molecule has 0 aliphatic heterocycles. The molecule has 1 heterocycles. The summed E-state index contributed by atoms with van der Waals surface area (Å²) in [6.45, 7) is 10.9. The predicted molar refractivity (Wildman–Crippen MR) is 156 cm³/mol. The molecule has 0 fully saturated rings. The Morgan fingerprint density at radius 2 is 1.62 bits per heavy atom. The van der Waals surface area contributed by atoms with Gasteiger partial charge in [-0.25, -0.2) is 0 Å². The largest absolute Gasteiger partial charge is 0.504 e. The van der Waals surface area contributed by atoms with Gasteiger partial charge in [0.25, 0.3) is 0 Å². The summed E-state index contributed by atoms with van der Waals surface area (Å²) in [4.78, 5) is 0. The smallest absolute Gasteiger partial charge is 0.191 e. The minimum atomic E-state index is 0.0377. The maximum Gasteiger partial charge on any atom is 0.191 e. The summed E-state index contributed by atoms with van der Waals surface area (Å²) in [5.74, 6) is 0.0832. The molecule has 7 heteroatoms. The van der Waals surface area contributed by atoms with Crippen LogP contribution >= 0.6 is 12.2 Å². The van der Waals surface area contributed by atoms with Crippen molar-refractivity contribution in [3.63, 3.8) is 0 Å². The van der Waals surface area contributed by atoms with Gasteiger partial charge in [0.1, 0.15) is 5.69 Å². The van der Waals surface area contributed by atoms with Gasteiger partial charge in [0.15, 0.2) is 16.6 Å². The molecule has 0 unspecified atom stereocenters. The van der Waals surface area contributed by atoms with Crippen LogP contribution in [-0.2, 0) is 12.0 Å². The summed E-state index contributed by atoms with van der Waals surface area (Å²) in [6.07, 6.45) is 0. The summed E-state index contributed by atoms with van der Waals surface area (Å²) in [5, 5.41) is 23.9. The van der Waals surface area contributed by atoms with E-state index in [1.165, 1.54) is 11.1 Å². The number of nitrogens with zero attached hydrogens (tertiary/aromatic N) is 3. The number of benzene rings is 3. The van der Waals surface area contributed by atoms with Gasteiger partial charge in [-0.2, -0.15) is 10.2 Å². The second-order valence-corrected chi connectivity index (χ2v) is 10.6. The highest BCUT2D eigenvalue weighted by Crippen LogP contribution is 2.34. The van der Waals surface area contributed by atoms with Crippen molar-refractivity contribution >= 4 is 28.7 Å². The standard InChI is InChI=1S/C30H33N5OS/c1-20-11-17-25(18-12-20)31-29(37)33-32-21(2)26-28(36)27(23-13-15-24(16-14-23)30(3,4)5)35(34-26)19-22-9-7-6-8-10-22/h6-18,36H,19H2,1-5H3,(H2,31,33,37)/b32-21+. The molecule has 0 amide bonds. The molecule has 190 valence electrons. The Hall–Kier alpha value is -3.97. The summed E-state index contributed by atoms with van der Waals surface area (Å²) in [5.41, 5.74) is 9.70. The molecule has 3 aromatic carbocycles. The van der Waals surface area contributed by atoms with Gasteiger partial charge in [-0.05, 0) is 54.7 Å². The van der Waals surface area contributed by atoms with Crippen molar-refractivity contribution in [3.8, 4) is 17.0 Å². The number of aromatic hydroxyl groups is 1. The average molecular weight is 512 g/mol. The molecule has 0 saturated heterocycles. The number of hydrogen-bond donors (Lipinski definition) is 3. The molecule has 0 bridgehead atoms. The monoisotopic (exact) mass is 511 g/mol. The van der Waals surface area contributed by atoms with Gasteiger partial charge in [0.05, 0.1) is 12.3 Å². The topological polar surface area (TPSA) is 74.5 Å². The minimum absolute atomic E-state index is 0.0377. The van der Waals surface area contributed by atoms with Crippen molar-refractivity contribution in [2.45, 2.75) is 46.6 Å². The molecule has 0 aliphatic rings. The fraction of sp³-hybridized carbons (Fsp3) is 0.233. The molecule has 0 radical (unpaired) electrons. The highest BCUT2D eigenvalue weighted by molar-refractivity contribution is 7.80. The van der Waals surface area contributed by atoms with Crippen LogP contribution in [0.4, 0.5) is 5.69 Å². The van der Waals surface area contributed by atoms with Gasteiger partial charge in [0, 0.05) is 11.3 Å². The third kappa shape index (κ3) is 6.43. The highest BCUT2D eigenvalue weighted by atomic mass is 32.1. The Bertz CT molecular complexity index is 1400. The molecular weight excluding hydrogens is 478 g/mol. The molecule has 6 nitrogen and oxygen atoms in total. The van der Waals surface area contributed by atoms with Crippen molar-refractivity contribution in [2.75, 3.05) is 5.32 Å². The quantitative estimate of drug-likeness (QED) is 0.154. The van der Waals surface area contributed by atoms with Crippen LogP contribution in [0.3, 0.4) is 0 Å². The third-order valence-electron chi connectivity index (χ3n) is 6.10. The van der Waals surface area contributed by atoms with E-state index in [2.05, 4.69) is 48.7 Å².